The molecule has 5 rings (SSSR count). The third kappa shape index (κ3) is 2.75. The first kappa shape index (κ1) is 23.9. The Morgan fingerprint density at radius 2 is 1.52 bits per heavy atom. The van der Waals surface area contributed by atoms with Gasteiger partial charge in [-0.25, -0.2) is 0 Å². The number of aliphatic hydroxyl groups is 1. The van der Waals surface area contributed by atoms with Crippen molar-refractivity contribution in [3.63, 3.8) is 0 Å². The summed E-state index contributed by atoms with van der Waals surface area (Å²) in [5, 5.41) is 21.4. The Bertz CT molecular complexity index is 861. The number of carboxylic acids is 1. The van der Waals surface area contributed by atoms with Gasteiger partial charge in [0.2, 0.25) is 0 Å². The number of hydrogen-bond donors (Lipinski definition) is 2. The zero-order chi connectivity index (χ0) is 24.2. The van der Waals surface area contributed by atoms with E-state index in [9.17, 15) is 15.0 Å². The van der Waals surface area contributed by atoms with E-state index in [1.54, 1.807) is 0 Å². The first-order valence-corrected chi connectivity index (χ1v) is 13.8. The van der Waals surface area contributed by atoms with Crippen molar-refractivity contribution in [2.45, 2.75) is 112 Å². The highest BCUT2D eigenvalue weighted by molar-refractivity contribution is 5.76. The van der Waals surface area contributed by atoms with Gasteiger partial charge < -0.3 is 10.2 Å². The molecule has 0 spiro atoms. The summed E-state index contributed by atoms with van der Waals surface area (Å²) in [4.78, 5) is 12.8. The van der Waals surface area contributed by atoms with E-state index in [0.29, 0.717) is 23.7 Å². The Morgan fingerprint density at radius 3 is 2.15 bits per heavy atom. The highest BCUT2D eigenvalue weighted by Gasteiger charge is 2.71. The molecule has 3 heteroatoms. The third-order valence-corrected chi connectivity index (χ3v) is 13.5. The van der Waals surface area contributed by atoms with E-state index in [0.717, 1.165) is 38.5 Å². The van der Waals surface area contributed by atoms with Crippen LogP contribution in [-0.4, -0.2) is 22.3 Å². The Labute approximate surface area is 201 Å². The monoisotopic (exact) mass is 456 g/mol. The fraction of sp³-hybridized carbons (Fsp3) is 0.900. The van der Waals surface area contributed by atoms with Gasteiger partial charge in [-0.3, -0.25) is 4.79 Å². The van der Waals surface area contributed by atoms with Crippen molar-refractivity contribution in [3.05, 3.63) is 12.2 Å². The molecule has 5 saturated carbocycles. The first-order chi connectivity index (χ1) is 15.3. The molecule has 5 aliphatic carbocycles. The van der Waals surface area contributed by atoms with Gasteiger partial charge in [-0.15, -0.1) is 0 Å². The molecule has 0 amide bonds. The summed E-state index contributed by atoms with van der Waals surface area (Å²) in [6, 6.07) is 0. The Balaban J connectivity index is 1.57. The molecule has 2 N–H and O–H groups in total. The molecular formula is C30H48O3. The molecule has 9 unspecified atom stereocenters. The van der Waals surface area contributed by atoms with E-state index in [2.05, 4.69) is 48.1 Å². The van der Waals surface area contributed by atoms with Gasteiger partial charge >= 0.3 is 5.97 Å². The van der Waals surface area contributed by atoms with E-state index < -0.39 is 11.4 Å². The topological polar surface area (TPSA) is 57.5 Å². The number of aliphatic hydroxyl groups excluding tert-OH is 1. The van der Waals surface area contributed by atoms with E-state index in [-0.39, 0.29) is 33.7 Å². The molecular weight excluding hydrogens is 408 g/mol. The molecule has 0 aliphatic heterocycles. The molecule has 5 aliphatic rings. The smallest absolute Gasteiger partial charge is 0.309 e. The average molecular weight is 457 g/mol. The van der Waals surface area contributed by atoms with Crippen molar-refractivity contribution < 1.29 is 15.0 Å². The van der Waals surface area contributed by atoms with Gasteiger partial charge in [0.1, 0.15) is 0 Å². The van der Waals surface area contributed by atoms with Crippen LogP contribution in [0, 0.1) is 56.7 Å². The maximum absolute atomic E-state index is 12.8. The number of allylic oxidation sites excluding steroid dienone is 1. The summed E-state index contributed by atoms with van der Waals surface area (Å²) < 4.78 is 0. The third-order valence-electron chi connectivity index (χ3n) is 13.5. The fourth-order valence-corrected chi connectivity index (χ4v) is 11.5. The van der Waals surface area contributed by atoms with Crippen LogP contribution in [0.4, 0.5) is 0 Å². The summed E-state index contributed by atoms with van der Waals surface area (Å²) in [6.07, 6.45) is 10.5. The molecule has 33 heavy (non-hydrogen) atoms. The van der Waals surface area contributed by atoms with Gasteiger partial charge in [0.05, 0.1) is 11.5 Å². The molecule has 0 aromatic carbocycles. The molecule has 0 aromatic heterocycles. The van der Waals surface area contributed by atoms with Crippen LogP contribution in [0.15, 0.2) is 12.2 Å². The molecule has 0 aromatic rings. The van der Waals surface area contributed by atoms with Crippen molar-refractivity contribution in [2.75, 3.05) is 0 Å². The lowest BCUT2D eigenvalue weighted by Crippen LogP contribution is -2.67. The standard InChI is InChI=1S/C30H48O3/c1-18(2)19-10-15-30(25(32)33)17-16-28(6)20(24(19)30)8-9-22-27(5)13-12-23(31)26(3,4)21(27)11-14-29(22,28)7/h19-24,31H,1,8-17H2,2-7H3,(H,32,33)/t19-,20?,21?,22?,23?,24?,27?,28?,29?,30?/m0/s1. The Hall–Kier alpha value is -0.830. The zero-order valence-corrected chi connectivity index (χ0v) is 22.0. The van der Waals surface area contributed by atoms with E-state index >= 15 is 0 Å². The van der Waals surface area contributed by atoms with Crippen LogP contribution in [0.5, 0.6) is 0 Å². The quantitative estimate of drug-likeness (QED) is 0.436. The number of carboxylic acid groups (broad SMARTS) is 1. The number of carbonyl (C=O) groups is 1. The van der Waals surface area contributed by atoms with E-state index in [1.165, 1.54) is 31.3 Å². The lowest BCUT2D eigenvalue weighted by Gasteiger charge is -2.72. The number of fused-ring (bicyclic) bond motifs is 7. The number of rotatable bonds is 2. The second kappa shape index (κ2) is 7.11. The van der Waals surface area contributed by atoms with Crippen LogP contribution in [0.3, 0.4) is 0 Å². The zero-order valence-electron chi connectivity index (χ0n) is 22.0. The predicted molar refractivity (Wildman–Crippen MR) is 133 cm³/mol. The molecule has 3 nitrogen and oxygen atoms in total. The first-order valence-electron chi connectivity index (χ1n) is 13.8. The van der Waals surface area contributed by atoms with Gasteiger partial charge in [-0.1, -0.05) is 46.8 Å². The van der Waals surface area contributed by atoms with Gasteiger partial charge in [-0.05, 0) is 122 Å². The second-order valence-corrected chi connectivity index (χ2v) is 14.5. The normalized spacial score (nSPS) is 55.0. The maximum atomic E-state index is 12.8. The highest BCUT2D eigenvalue weighted by Crippen LogP contribution is 2.77. The van der Waals surface area contributed by atoms with Crippen molar-refractivity contribution in [1.82, 2.24) is 0 Å². The van der Waals surface area contributed by atoms with Crippen LogP contribution >= 0.6 is 0 Å². The number of hydrogen-bond acceptors (Lipinski definition) is 2. The van der Waals surface area contributed by atoms with Gasteiger partial charge in [0.25, 0.3) is 0 Å². The summed E-state index contributed by atoms with van der Waals surface area (Å²) in [5.41, 5.74) is 1.35. The molecule has 5 fully saturated rings. The van der Waals surface area contributed by atoms with Crippen LogP contribution in [0.1, 0.15) is 106 Å². The van der Waals surface area contributed by atoms with E-state index in [4.69, 9.17) is 0 Å². The van der Waals surface area contributed by atoms with Crippen LogP contribution in [-0.2, 0) is 4.79 Å². The summed E-state index contributed by atoms with van der Waals surface area (Å²) in [7, 11) is 0. The fourth-order valence-electron chi connectivity index (χ4n) is 11.5. The van der Waals surface area contributed by atoms with Gasteiger partial charge in [0.15, 0.2) is 0 Å². The predicted octanol–water partition coefficient (Wildman–Crippen LogP) is 7.09. The van der Waals surface area contributed by atoms with Crippen molar-refractivity contribution in [1.29, 1.82) is 0 Å². The molecule has 0 radical (unpaired) electrons. The molecule has 0 heterocycles. The van der Waals surface area contributed by atoms with Crippen molar-refractivity contribution >= 4 is 5.97 Å². The van der Waals surface area contributed by atoms with Crippen molar-refractivity contribution in [2.24, 2.45) is 56.7 Å². The summed E-state index contributed by atoms with van der Waals surface area (Å²) in [5.74, 6) is 1.79. The SMILES string of the molecule is C=C(C)[C@@H]1CCC2(C(=O)O)CCC3(C)C(CCC4C5(C)CCC(O)C(C)(C)C5CCC43C)C12. The molecule has 10 atom stereocenters. The minimum Gasteiger partial charge on any atom is -0.481 e. The molecule has 186 valence electrons. The van der Waals surface area contributed by atoms with Crippen LogP contribution in [0.25, 0.3) is 0 Å². The van der Waals surface area contributed by atoms with Gasteiger partial charge in [0, 0.05) is 0 Å². The van der Waals surface area contributed by atoms with Crippen LogP contribution in [0.2, 0.25) is 0 Å². The average Bonchev–Trinajstić information content (AvgIpc) is 3.13. The molecule has 0 saturated heterocycles. The minimum atomic E-state index is -0.538. The second-order valence-electron chi connectivity index (χ2n) is 14.5. The highest BCUT2D eigenvalue weighted by atomic mass is 16.4. The molecule has 0 bridgehead atoms. The number of aliphatic carboxylic acids is 1. The van der Waals surface area contributed by atoms with E-state index in [1.807, 2.05) is 0 Å². The van der Waals surface area contributed by atoms with Crippen molar-refractivity contribution in [3.8, 4) is 0 Å². The van der Waals surface area contributed by atoms with Gasteiger partial charge in [-0.2, -0.15) is 0 Å². The van der Waals surface area contributed by atoms with Crippen LogP contribution < -0.4 is 0 Å². The maximum Gasteiger partial charge on any atom is 0.309 e. The Kier molecular flexibility index (Phi) is 5.15. The minimum absolute atomic E-state index is 0.0202. The summed E-state index contributed by atoms with van der Waals surface area (Å²) in [6.45, 7) is 18.8. The Morgan fingerprint density at radius 1 is 0.818 bits per heavy atom. The summed E-state index contributed by atoms with van der Waals surface area (Å²) >= 11 is 0. The lowest BCUT2D eigenvalue weighted by atomic mass is 9.32. The largest absolute Gasteiger partial charge is 0.481 e. The lowest BCUT2D eigenvalue weighted by molar-refractivity contribution is -0.248.